The Bertz CT molecular complexity index is 615. The van der Waals surface area contributed by atoms with Gasteiger partial charge in [0.25, 0.3) is 0 Å². The molecule has 0 N–H and O–H groups in total. The lowest BCUT2D eigenvalue weighted by atomic mass is 10.1. The zero-order valence-corrected chi connectivity index (χ0v) is 13.1. The van der Waals surface area contributed by atoms with Gasteiger partial charge >= 0.3 is 0 Å². The van der Waals surface area contributed by atoms with Crippen LogP contribution in [0, 0.1) is 5.92 Å². The molecule has 1 aromatic heterocycles. The lowest BCUT2D eigenvalue weighted by Crippen LogP contribution is -2.34. The van der Waals surface area contributed by atoms with Crippen molar-refractivity contribution in [1.82, 2.24) is 25.1 Å². The molecule has 116 valence electrons. The molecule has 2 fully saturated rings. The van der Waals surface area contributed by atoms with Gasteiger partial charge in [-0.25, -0.2) is 4.68 Å². The minimum Gasteiger partial charge on any atom is -0.289 e. The third-order valence-electron chi connectivity index (χ3n) is 4.91. The van der Waals surface area contributed by atoms with Gasteiger partial charge in [0.1, 0.15) is 0 Å². The maximum absolute atomic E-state index is 4.28. The summed E-state index contributed by atoms with van der Waals surface area (Å²) in [6.45, 7) is 4.16. The Morgan fingerprint density at radius 1 is 1.14 bits per heavy atom. The highest BCUT2D eigenvalue weighted by Crippen LogP contribution is 2.37. The number of tetrazole rings is 1. The van der Waals surface area contributed by atoms with Crippen LogP contribution in [0.3, 0.4) is 0 Å². The van der Waals surface area contributed by atoms with Gasteiger partial charge in [0.05, 0.1) is 12.6 Å². The summed E-state index contributed by atoms with van der Waals surface area (Å²) in [7, 11) is 0. The highest BCUT2D eigenvalue weighted by atomic mass is 15.6. The number of nitrogens with zero attached hydrogens (tertiary/aromatic N) is 5. The molecular formula is C17H23N5. The second-order valence-corrected chi connectivity index (χ2v) is 6.74. The quantitative estimate of drug-likeness (QED) is 0.788. The van der Waals surface area contributed by atoms with E-state index in [1.807, 2.05) is 4.68 Å². The van der Waals surface area contributed by atoms with E-state index in [4.69, 9.17) is 0 Å². The molecule has 1 aromatic carbocycles. The van der Waals surface area contributed by atoms with Gasteiger partial charge < -0.3 is 0 Å². The Hall–Kier alpha value is -1.75. The van der Waals surface area contributed by atoms with E-state index in [0.29, 0.717) is 12.1 Å². The second-order valence-electron chi connectivity index (χ2n) is 6.74. The van der Waals surface area contributed by atoms with Crippen LogP contribution in [0.1, 0.15) is 50.0 Å². The molecule has 0 aliphatic heterocycles. The molecule has 0 bridgehead atoms. The van der Waals surface area contributed by atoms with E-state index in [9.17, 15) is 0 Å². The predicted octanol–water partition coefficient (Wildman–Crippen LogP) is 2.81. The Kier molecular flexibility index (Phi) is 3.66. The molecular weight excluding hydrogens is 274 g/mol. The average Bonchev–Trinajstić information content (AvgIpc) is 3.46. The van der Waals surface area contributed by atoms with Crippen molar-refractivity contribution in [3.63, 3.8) is 0 Å². The first-order valence-electron chi connectivity index (χ1n) is 8.36. The van der Waals surface area contributed by atoms with E-state index in [1.54, 1.807) is 0 Å². The highest BCUT2D eigenvalue weighted by molar-refractivity contribution is 5.15. The molecule has 2 aliphatic rings. The van der Waals surface area contributed by atoms with Crippen molar-refractivity contribution in [2.45, 2.75) is 57.8 Å². The summed E-state index contributed by atoms with van der Waals surface area (Å²) < 4.78 is 2.04. The molecule has 2 aromatic rings. The summed E-state index contributed by atoms with van der Waals surface area (Å²) in [6, 6.07) is 11.8. The van der Waals surface area contributed by atoms with Crippen LogP contribution in [0.4, 0.5) is 0 Å². The zero-order chi connectivity index (χ0) is 14.9. The minimum atomic E-state index is 0.541. The van der Waals surface area contributed by atoms with Crippen molar-refractivity contribution >= 4 is 0 Å². The van der Waals surface area contributed by atoms with Gasteiger partial charge in [-0.05, 0) is 54.5 Å². The molecule has 0 spiro atoms. The van der Waals surface area contributed by atoms with Crippen molar-refractivity contribution in [1.29, 1.82) is 0 Å². The number of aromatic nitrogens is 4. The maximum atomic E-state index is 4.28. The van der Waals surface area contributed by atoms with Crippen molar-refractivity contribution in [3.05, 3.63) is 41.7 Å². The molecule has 0 radical (unpaired) electrons. The van der Waals surface area contributed by atoms with Gasteiger partial charge in [0.15, 0.2) is 5.82 Å². The lowest BCUT2D eigenvalue weighted by molar-refractivity contribution is 0.164. The fourth-order valence-corrected chi connectivity index (χ4v) is 3.14. The predicted molar refractivity (Wildman–Crippen MR) is 84.0 cm³/mol. The molecule has 4 rings (SSSR count). The molecule has 2 saturated carbocycles. The number of hydrogen-bond acceptors (Lipinski definition) is 4. The van der Waals surface area contributed by atoms with E-state index < -0.39 is 0 Å². The van der Waals surface area contributed by atoms with Crippen LogP contribution in [-0.4, -0.2) is 31.1 Å². The van der Waals surface area contributed by atoms with E-state index >= 15 is 0 Å². The normalized spacial score (nSPS) is 19.5. The van der Waals surface area contributed by atoms with Crippen LogP contribution in [0.15, 0.2) is 30.3 Å². The molecule has 1 unspecified atom stereocenters. The van der Waals surface area contributed by atoms with Gasteiger partial charge in [0.2, 0.25) is 0 Å². The second kappa shape index (κ2) is 5.80. The largest absolute Gasteiger partial charge is 0.289 e. The summed E-state index contributed by atoms with van der Waals surface area (Å²) in [4.78, 5) is 2.54. The van der Waals surface area contributed by atoms with Crippen LogP contribution in [0.2, 0.25) is 0 Å². The Balaban J connectivity index is 1.52. The van der Waals surface area contributed by atoms with Gasteiger partial charge in [-0.15, -0.1) is 5.10 Å². The number of rotatable bonds is 7. The summed E-state index contributed by atoms with van der Waals surface area (Å²) in [5, 5.41) is 12.4. The van der Waals surface area contributed by atoms with Crippen LogP contribution < -0.4 is 0 Å². The van der Waals surface area contributed by atoms with Crippen LogP contribution in [-0.2, 0) is 13.1 Å². The highest BCUT2D eigenvalue weighted by Gasteiger charge is 2.34. The van der Waals surface area contributed by atoms with Gasteiger partial charge in [-0.3, -0.25) is 4.90 Å². The third kappa shape index (κ3) is 3.04. The van der Waals surface area contributed by atoms with Gasteiger partial charge in [-0.1, -0.05) is 30.3 Å². The van der Waals surface area contributed by atoms with E-state index in [-0.39, 0.29) is 0 Å². The van der Waals surface area contributed by atoms with Crippen LogP contribution in [0.5, 0.6) is 0 Å². The smallest absolute Gasteiger partial charge is 0.165 e. The fourth-order valence-electron chi connectivity index (χ4n) is 3.14. The molecule has 5 nitrogen and oxygen atoms in total. The maximum Gasteiger partial charge on any atom is 0.165 e. The SMILES string of the molecule is CC(C1CC1)N(Cc1ccccc1)Cc1nnnn1C1CC1. The molecule has 2 aliphatic carbocycles. The molecule has 0 amide bonds. The van der Waals surface area contributed by atoms with E-state index in [0.717, 1.165) is 24.8 Å². The first-order valence-corrected chi connectivity index (χ1v) is 8.36. The summed E-state index contributed by atoms with van der Waals surface area (Å²) >= 11 is 0. The van der Waals surface area contributed by atoms with Crippen molar-refractivity contribution < 1.29 is 0 Å². The Morgan fingerprint density at radius 3 is 2.59 bits per heavy atom. The zero-order valence-electron chi connectivity index (χ0n) is 13.1. The van der Waals surface area contributed by atoms with Crippen molar-refractivity contribution in [3.8, 4) is 0 Å². The Labute approximate surface area is 131 Å². The average molecular weight is 297 g/mol. The van der Waals surface area contributed by atoms with E-state index in [2.05, 4.69) is 57.7 Å². The van der Waals surface area contributed by atoms with Crippen LogP contribution in [0.25, 0.3) is 0 Å². The van der Waals surface area contributed by atoms with Gasteiger partial charge in [0, 0.05) is 12.6 Å². The van der Waals surface area contributed by atoms with Gasteiger partial charge in [-0.2, -0.15) is 0 Å². The summed E-state index contributed by atoms with van der Waals surface area (Å²) in [5.41, 5.74) is 1.36. The first kappa shape index (κ1) is 13.9. The molecule has 1 atom stereocenters. The fraction of sp³-hybridized carbons (Fsp3) is 0.588. The number of hydrogen-bond donors (Lipinski definition) is 0. The van der Waals surface area contributed by atoms with Crippen molar-refractivity contribution in [2.75, 3.05) is 0 Å². The third-order valence-corrected chi connectivity index (χ3v) is 4.91. The van der Waals surface area contributed by atoms with E-state index in [1.165, 1.54) is 31.2 Å². The van der Waals surface area contributed by atoms with Crippen molar-refractivity contribution in [2.24, 2.45) is 5.92 Å². The monoisotopic (exact) mass is 297 g/mol. The minimum absolute atomic E-state index is 0.541. The first-order chi connectivity index (χ1) is 10.8. The molecule has 5 heteroatoms. The number of benzene rings is 1. The topological polar surface area (TPSA) is 46.8 Å². The molecule has 0 saturated heterocycles. The summed E-state index contributed by atoms with van der Waals surface area (Å²) in [6.07, 6.45) is 5.16. The van der Waals surface area contributed by atoms with Crippen LogP contribution >= 0.6 is 0 Å². The Morgan fingerprint density at radius 2 is 1.91 bits per heavy atom. The standard InChI is InChI=1S/C17H23N5/c1-13(15-7-8-15)21(11-14-5-3-2-4-6-14)12-17-18-19-20-22(17)16-9-10-16/h2-6,13,15-16H,7-12H2,1H3. The molecule has 1 heterocycles. The molecule has 22 heavy (non-hydrogen) atoms. The lowest BCUT2D eigenvalue weighted by Gasteiger charge is -2.28. The summed E-state index contributed by atoms with van der Waals surface area (Å²) in [5.74, 6) is 1.86.